The molecular weight excluding hydrogens is 140 g/mol. The number of nitrogens with zero attached hydrogens (tertiary/aromatic N) is 1. The lowest BCUT2D eigenvalue weighted by Gasteiger charge is -2.38. The van der Waals surface area contributed by atoms with Crippen LogP contribution in [-0.2, 0) is 4.84 Å². The van der Waals surface area contributed by atoms with Gasteiger partial charge in [-0.1, -0.05) is 0 Å². The van der Waals surface area contributed by atoms with E-state index in [-0.39, 0.29) is 5.54 Å². The van der Waals surface area contributed by atoms with Crippen LogP contribution in [0.15, 0.2) is 0 Å². The summed E-state index contributed by atoms with van der Waals surface area (Å²) in [6.07, 6.45) is 4.72. The lowest BCUT2D eigenvalue weighted by molar-refractivity contribution is -0.113. The van der Waals surface area contributed by atoms with Crippen LogP contribution in [0, 0.1) is 0 Å². The number of rotatable bonds is 4. The Bertz CT molecular complexity index is 123. The van der Waals surface area contributed by atoms with Crippen molar-refractivity contribution in [3.63, 3.8) is 0 Å². The molecule has 3 nitrogen and oxygen atoms in total. The Labute approximate surface area is 68.5 Å². The standard InChI is InChI=1S/C8H18N2O/c1-10(11-2)7-6-8(9)4-3-5-8/h3-7,9H2,1-2H3. The number of nitrogens with two attached hydrogens (primary N) is 1. The van der Waals surface area contributed by atoms with Crippen LogP contribution in [0.2, 0.25) is 0 Å². The molecule has 1 rings (SSSR count). The van der Waals surface area contributed by atoms with Crippen LogP contribution < -0.4 is 5.73 Å². The summed E-state index contributed by atoms with van der Waals surface area (Å²) in [7, 11) is 3.62. The van der Waals surface area contributed by atoms with Crippen LogP contribution in [-0.4, -0.2) is 31.3 Å². The summed E-state index contributed by atoms with van der Waals surface area (Å²) in [4.78, 5) is 4.99. The Kier molecular flexibility index (Phi) is 2.87. The topological polar surface area (TPSA) is 38.5 Å². The van der Waals surface area contributed by atoms with E-state index in [1.165, 1.54) is 19.3 Å². The summed E-state index contributed by atoms with van der Waals surface area (Å²) < 4.78 is 0. The van der Waals surface area contributed by atoms with Crippen molar-refractivity contribution in [2.24, 2.45) is 5.73 Å². The van der Waals surface area contributed by atoms with Gasteiger partial charge in [-0.05, 0) is 25.7 Å². The minimum absolute atomic E-state index is 0.132. The van der Waals surface area contributed by atoms with Crippen molar-refractivity contribution in [2.45, 2.75) is 31.2 Å². The van der Waals surface area contributed by atoms with Crippen molar-refractivity contribution in [2.75, 3.05) is 20.7 Å². The van der Waals surface area contributed by atoms with E-state index in [2.05, 4.69) is 0 Å². The molecule has 0 aromatic carbocycles. The fourth-order valence-corrected chi connectivity index (χ4v) is 1.35. The predicted octanol–water partition coefficient (Wildman–Crippen LogP) is 0.751. The highest BCUT2D eigenvalue weighted by atomic mass is 16.7. The highest BCUT2D eigenvalue weighted by Crippen LogP contribution is 2.31. The molecule has 0 aliphatic heterocycles. The second-order valence-corrected chi connectivity index (χ2v) is 3.50. The molecule has 0 atom stereocenters. The smallest absolute Gasteiger partial charge is 0.0575 e. The van der Waals surface area contributed by atoms with Gasteiger partial charge in [0.15, 0.2) is 0 Å². The molecule has 0 amide bonds. The van der Waals surface area contributed by atoms with Gasteiger partial charge in [0, 0.05) is 19.1 Å². The monoisotopic (exact) mass is 158 g/mol. The maximum atomic E-state index is 6.02. The largest absolute Gasteiger partial charge is 0.325 e. The molecule has 0 spiro atoms. The Morgan fingerprint density at radius 1 is 1.55 bits per heavy atom. The fraction of sp³-hybridized carbons (Fsp3) is 1.00. The first-order valence-corrected chi connectivity index (χ1v) is 4.20. The maximum Gasteiger partial charge on any atom is 0.0575 e. The Morgan fingerprint density at radius 2 is 2.18 bits per heavy atom. The first kappa shape index (κ1) is 8.97. The first-order valence-electron chi connectivity index (χ1n) is 4.20. The van der Waals surface area contributed by atoms with Crippen LogP contribution in [0.5, 0.6) is 0 Å². The summed E-state index contributed by atoms with van der Waals surface area (Å²) in [5.41, 5.74) is 6.16. The molecule has 0 saturated heterocycles. The lowest BCUT2D eigenvalue weighted by atomic mass is 9.75. The second kappa shape index (κ2) is 3.52. The van der Waals surface area contributed by atoms with E-state index in [1.807, 2.05) is 12.1 Å². The molecule has 0 bridgehead atoms. The number of hydrogen-bond donors (Lipinski definition) is 1. The summed E-state index contributed by atoms with van der Waals surface area (Å²) in [6, 6.07) is 0. The molecule has 1 aliphatic rings. The van der Waals surface area contributed by atoms with Crippen LogP contribution >= 0.6 is 0 Å². The molecule has 2 N–H and O–H groups in total. The molecule has 3 heteroatoms. The van der Waals surface area contributed by atoms with Crippen molar-refractivity contribution < 1.29 is 4.84 Å². The number of hydrogen-bond acceptors (Lipinski definition) is 3. The summed E-state index contributed by atoms with van der Waals surface area (Å²) in [6.45, 7) is 0.938. The van der Waals surface area contributed by atoms with Crippen LogP contribution in [0.25, 0.3) is 0 Å². The molecule has 0 aromatic rings. The average Bonchev–Trinajstić information content (AvgIpc) is 1.96. The van der Waals surface area contributed by atoms with Gasteiger partial charge in [-0.25, -0.2) is 0 Å². The van der Waals surface area contributed by atoms with Gasteiger partial charge in [-0.2, -0.15) is 5.06 Å². The molecule has 0 radical (unpaired) electrons. The third-order valence-electron chi connectivity index (χ3n) is 2.59. The predicted molar refractivity (Wildman–Crippen MR) is 45.0 cm³/mol. The van der Waals surface area contributed by atoms with Gasteiger partial charge in [0.05, 0.1) is 7.11 Å². The van der Waals surface area contributed by atoms with Gasteiger partial charge >= 0.3 is 0 Å². The van der Waals surface area contributed by atoms with E-state index in [1.54, 1.807) is 7.11 Å². The van der Waals surface area contributed by atoms with Gasteiger partial charge in [0.25, 0.3) is 0 Å². The Morgan fingerprint density at radius 3 is 2.55 bits per heavy atom. The Balaban J connectivity index is 2.11. The van der Waals surface area contributed by atoms with E-state index >= 15 is 0 Å². The molecule has 0 aromatic heterocycles. The van der Waals surface area contributed by atoms with E-state index in [0.717, 1.165) is 13.0 Å². The zero-order valence-electron chi connectivity index (χ0n) is 7.47. The zero-order valence-corrected chi connectivity index (χ0v) is 7.47. The van der Waals surface area contributed by atoms with Gasteiger partial charge < -0.3 is 10.6 Å². The van der Waals surface area contributed by atoms with Crippen molar-refractivity contribution in [1.29, 1.82) is 0 Å². The molecule has 1 fully saturated rings. The van der Waals surface area contributed by atoms with Crippen LogP contribution in [0.3, 0.4) is 0 Å². The maximum absolute atomic E-state index is 6.02. The summed E-state index contributed by atoms with van der Waals surface area (Å²) in [5, 5.41) is 1.83. The van der Waals surface area contributed by atoms with Crippen molar-refractivity contribution in [3.05, 3.63) is 0 Å². The quantitative estimate of drug-likeness (QED) is 0.614. The summed E-state index contributed by atoms with van der Waals surface area (Å²) >= 11 is 0. The molecule has 0 heterocycles. The van der Waals surface area contributed by atoms with Crippen LogP contribution in [0.1, 0.15) is 25.7 Å². The van der Waals surface area contributed by atoms with E-state index < -0.39 is 0 Å². The lowest BCUT2D eigenvalue weighted by Crippen LogP contribution is -2.48. The van der Waals surface area contributed by atoms with E-state index in [9.17, 15) is 0 Å². The zero-order chi connectivity index (χ0) is 8.32. The molecule has 1 aliphatic carbocycles. The third kappa shape index (κ3) is 2.43. The van der Waals surface area contributed by atoms with E-state index in [0.29, 0.717) is 0 Å². The normalized spacial score (nSPS) is 21.8. The molecule has 66 valence electrons. The van der Waals surface area contributed by atoms with Crippen molar-refractivity contribution >= 4 is 0 Å². The summed E-state index contributed by atoms with van der Waals surface area (Å²) in [5.74, 6) is 0. The van der Waals surface area contributed by atoms with Gasteiger partial charge in [0.1, 0.15) is 0 Å². The highest BCUT2D eigenvalue weighted by molar-refractivity contribution is 4.92. The van der Waals surface area contributed by atoms with E-state index in [4.69, 9.17) is 10.6 Å². The molecule has 1 saturated carbocycles. The second-order valence-electron chi connectivity index (χ2n) is 3.50. The third-order valence-corrected chi connectivity index (χ3v) is 2.59. The van der Waals surface area contributed by atoms with Crippen molar-refractivity contribution in [3.8, 4) is 0 Å². The first-order chi connectivity index (χ1) is 5.16. The SMILES string of the molecule is CON(C)CCC1(N)CCC1. The molecule has 11 heavy (non-hydrogen) atoms. The van der Waals surface area contributed by atoms with Gasteiger partial charge in [-0.15, -0.1) is 0 Å². The minimum Gasteiger partial charge on any atom is -0.325 e. The number of hydroxylamine groups is 2. The fourth-order valence-electron chi connectivity index (χ4n) is 1.35. The van der Waals surface area contributed by atoms with Gasteiger partial charge in [-0.3, -0.25) is 0 Å². The van der Waals surface area contributed by atoms with Crippen molar-refractivity contribution in [1.82, 2.24) is 5.06 Å². The molecular formula is C8H18N2O. The van der Waals surface area contributed by atoms with Gasteiger partial charge in [0.2, 0.25) is 0 Å². The van der Waals surface area contributed by atoms with Crippen LogP contribution in [0.4, 0.5) is 0 Å². The minimum atomic E-state index is 0.132. The highest BCUT2D eigenvalue weighted by Gasteiger charge is 2.31. The average molecular weight is 158 g/mol. The Hall–Kier alpha value is -0.120. The molecule has 0 unspecified atom stereocenters.